The molecule has 4 heterocycles. The molecule has 0 saturated heterocycles. The van der Waals surface area contributed by atoms with Crippen molar-refractivity contribution in [2.75, 3.05) is 0 Å². The number of nitrogens with zero attached hydrogens (tertiary/aromatic N) is 4. The van der Waals surface area contributed by atoms with Gasteiger partial charge < -0.3 is 8.98 Å². The summed E-state index contributed by atoms with van der Waals surface area (Å²) in [7, 11) is 0. The SMILES string of the molecule is CCC(CC)c1ccc2c(n1)oc1c[c-]c(-c3nc4ccccc4n3-c3c(C(C)C)cc4ccccc4c3C(C)C)cc12.[2H]C([2H])([2H])c1cc(-c2[c-]cc(F)c(-c3ccccc3)c2)nc[c]1[Ge]([CH3])([CH3])[CH3].[Ir]. The topological polar surface area (TPSA) is 56.7 Å². The predicted molar refractivity (Wildman–Crippen MR) is 281 cm³/mol. The molecule has 0 unspecified atom stereocenters. The molecule has 5 nitrogen and oxygen atoms in total. The molecule has 68 heavy (non-hydrogen) atoms. The summed E-state index contributed by atoms with van der Waals surface area (Å²) >= 11 is -2.41. The van der Waals surface area contributed by atoms with E-state index in [1.807, 2.05) is 36.4 Å². The van der Waals surface area contributed by atoms with E-state index in [-0.39, 0.29) is 25.9 Å². The Morgan fingerprint density at radius 1 is 0.750 bits per heavy atom. The third-order valence-electron chi connectivity index (χ3n) is 13.0. The average molecular weight is 1140 g/mol. The van der Waals surface area contributed by atoms with Crippen LogP contribution < -0.4 is 4.40 Å². The Morgan fingerprint density at radius 2 is 1.47 bits per heavy atom. The molecule has 1 radical (unpaired) electrons. The summed E-state index contributed by atoms with van der Waals surface area (Å²) in [6.45, 7) is 11.4. The van der Waals surface area contributed by atoms with E-state index in [9.17, 15) is 4.39 Å². The van der Waals surface area contributed by atoms with Crippen LogP contribution in [-0.2, 0) is 20.1 Å². The summed E-state index contributed by atoms with van der Waals surface area (Å²) in [5.41, 5.74) is 12.1. The number of pyridine rings is 2. The van der Waals surface area contributed by atoms with E-state index >= 15 is 0 Å². The third-order valence-corrected chi connectivity index (χ3v) is 17.2. The summed E-state index contributed by atoms with van der Waals surface area (Å²) in [6.07, 6.45) is 3.82. The minimum atomic E-state index is -2.41. The molecule has 0 bridgehead atoms. The molecule has 10 rings (SSSR count). The van der Waals surface area contributed by atoms with Crippen molar-refractivity contribution in [3.05, 3.63) is 174 Å². The standard InChI is InChI=1S/C39H38N3O.C21H21FGeN.Ir/c1-7-25(8-2)32-19-18-29-31-22-27(17-20-35(31)43-39(29)41-32)38-40-33-15-11-12-16-34(33)42(38)37-30(23(3)4)21-26-13-9-10-14-28(26)36(37)24(5)6;1-15-12-21(24-14-20(15)23(2,3)4)17-10-11-19(22)18(13-17)16-8-6-5-7-9-16;/h9-16,18-25H,7-8H2,1-6H3;5-9,11-14H,1-4H3;/q2*-1;/i;1D3;. The maximum absolute atomic E-state index is 14.3. The van der Waals surface area contributed by atoms with Gasteiger partial charge >= 0.3 is 150 Å². The first-order chi connectivity index (χ1) is 33.5. The van der Waals surface area contributed by atoms with Crippen LogP contribution in [0.1, 0.15) is 98.6 Å². The number of hydrogen-bond donors (Lipinski definition) is 0. The monoisotopic (exact) mass is 1140 g/mol. The van der Waals surface area contributed by atoms with Crippen molar-refractivity contribution in [2.45, 2.75) is 96.3 Å². The van der Waals surface area contributed by atoms with E-state index in [2.05, 4.69) is 153 Å². The van der Waals surface area contributed by atoms with Gasteiger partial charge in [-0.15, -0.1) is 23.8 Å². The molecule has 0 aliphatic heterocycles. The number of hydrogen-bond acceptors (Lipinski definition) is 4. The molecule has 10 aromatic rings. The zero-order valence-corrected chi connectivity index (χ0v) is 44.7. The summed E-state index contributed by atoms with van der Waals surface area (Å²) < 4.78 is 47.6. The molecule has 0 atom stereocenters. The second-order valence-electron chi connectivity index (χ2n) is 19.2. The van der Waals surface area contributed by atoms with Gasteiger partial charge in [-0.05, 0) is 76.9 Å². The van der Waals surface area contributed by atoms with E-state index < -0.39 is 20.1 Å². The molecule has 0 saturated carbocycles. The molecule has 0 fully saturated rings. The zero-order chi connectivity index (χ0) is 49.6. The van der Waals surface area contributed by atoms with Crippen molar-refractivity contribution < 1.29 is 33.0 Å². The largest absolute Gasteiger partial charge is 0 e. The minimum Gasteiger partial charge on any atom is 0 e. The summed E-state index contributed by atoms with van der Waals surface area (Å²) in [4.78, 5) is 14.7. The number of rotatable bonds is 10. The van der Waals surface area contributed by atoms with Gasteiger partial charge in [-0.1, -0.05) is 83.3 Å². The Labute approximate surface area is 421 Å². The van der Waals surface area contributed by atoms with Crippen molar-refractivity contribution in [1.82, 2.24) is 19.5 Å². The fourth-order valence-corrected chi connectivity index (χ4v) is 12.2. The number of furan rings is 1. The number of para-hydroxylation sites is 2. The first-order valence-corrected chi connectivity index (χ1v) is 30.9. The molecule has 0 spiro atoms. The number of aryl methyl sites for hydroxylation is 1. The maximum atomic E-state index is 14.3. The van der Waals surface area contributed by atoms with E-state index in [1.54, 1.807) is 18.3 Å². The second kappa shape index (κ2) is 20.1. The number of aromatic nitrogens is 4. The molecule has 0 amide bonds. The quantitative estimate of drug-likeness (QED) is 0.101. The zero-order valence-electron chi connectivity index (χ0n) is 43.3. The first-order valence-electron chi connectivity index (χ1n) is 25.0. The van der Waals surface area contributed by atoms with Crippen LogP contribution in [-0.4, -0.2) is 32.8 Å². The average Bonchev–Trinajstić information content (AvgIpc) is 3.91. The van der Waals surface area contributed by atoms with Gasteiger partial charge in [0, 0.05) is 42.8 Å². The summed E-state index contributed by atoms with van der Waals surface area (Å²) in [5.74, 6) is 8.02. The third kappa shape index (κ3) is 9.38. The van der Waals surface area contributed by atoms with E-state index in [4.69, 9.17) is 18.5 Å². The van der Waals surface area contributed by atoms with Crippen molar-refractivity contribution in [3.63, 3.8) is 0 Å². The molecule has 0 aliphatic rings. The van der Waals surface area contributed by atoms with Crippen LogP contribution in [0.25, 0.3) is 83.3 Å². The summed E-state index contributed by atoms with van der Waals surface area (Å²) in [5, 5.41) is 4.64. The summed E-state index contributed by atoms with van der Waals surface area (Å²) in [6, 6.07) is 48.4. The Bertz CT molecular complexity index is 3540. The van der Waals surface area contributed by atoms with Gasteiger partial charge in [-0.25, -0.2) is 4.98 Å². The smallest absolute Gasteiger partial charge is 0 e. The Kier molecular flexibility index (Phi) is 13.2. The predicted octanol–water partition coefficient (Wildman–Crippen LogP) is 16.3. The van der Waals surface area contributed by atoms with Gasteiger partial charge in [0.05, 0.1) is 22.4 Å². The Morgan fingerprint density at radius 3 is 2.19 bits per heavy atom. The van der Waals surface area contributed by atoms with Crippen LogP contribution in [0, 0.1) is 24.8 Å². The van der Waals surface area contributed by atoms with Gasteiger partial charge in [-0.3, -0.25) is 4.98 Å². The minimum absolute atomic E-state index is 0. The van der Waals surface area contributed by atoms with E-state index in [1.165, 1.54) is 33.7 Å². The first kappa shape index (κ1) is 44.8. The van der Waals surface area contributed by atoms with Crippen LogP contribution in [0.3, 0.4) is 0 Å². The normalized spacial score (nSPS) is 12.7. The molecule has 347 valence electrons. The fourth-order valence-electron chi connectivity index (χ4n) is 9.43. The van der Waals surface area contributed by atoms with Gasteiger partial charge in [0.15, 0.2) is 0 Å². The van der Waals surface area contributed by atoms with Crippen molar-refractivity contribution in [3.8, 4) is 39.5 Å². The van der Waals surface area contributed by atoms with E-state index in [0.717, 1.165) is 67.3 Å². The van der Waals surface area contributed by atoms with Gasteiger partial charge in [-0.2, -0.15) is 0 Å². The van der Waals surface area contributed by atoms with Crippen molar-refractivity contribution in [2.24, 2.45) is 0 Å². The van der Waals surface area contributed by atoms with Crippen LogP contribution in [0.15, 0.2) is 138 Å². The maximum Gasteiger partial charge on any atom is 0 e. The van der Waals surface area contributed by atoms with Crippen LogP contribution in [0.5, 0.6) is 0 Å². The second-order valence-corrected chi connectivity index (χ2v) is 29.8. The number of fused-ring (bicyclic) bond motifs is 5. The van der Waals surface area contributed by atoms with Gasteiger partial charge in [0.1, 0.15) is 0 Å². The van der Waals surface area contributed by atoms with Crippen LogP contribution >= 0.6 is 0 Å². The molecule has 6 aromatic carbocycles. The molecule has 0 aliphatic carbocycles. The van der Waals surface area contributed by atoms with Crippen molar-refractivity contribution >= 4 is 61.5 Å². The van der Waals surface area contributed by atoms with Crippen LogP contribution in [0.2, 0.25) is 17.3 Å². The number of halogens is 1. The molecule has 4 aromatic heterocycles. The molecule has 8 heteroatoms. The Hall–Kier alpha value is -5.73. The van der Waals surface area contributed by atoms with Gasteiger partial charge in [0.2, 0.25) is 5.71 Å². The number of benzene rings is 6. The fraction of sp³-hybridized carbons (Fsp3) is 0.250. The van der Waals surface area contributed by atoms with E-state index in [0.29, 0.717) is 45.9 Å². The van der Waals surface area contributed by atoms with Crippen LogP contribution in [0.4, 0.5) is 4.39 Å². The molecule has 0 N–H and O–H groups in total. The molecular weight excluding hydrogens is 1080 g/mol. The number of imidazole rings is 1. The van der Waals surface area contributed by atoms with Crippen molar-refractivity contribution in [1.29, 1.82) is 0 Å². The molecular formula is C60H59FGeIrN4O-2. The van der Waals surface area contributed by atoms with Gasteiger partial charge in [0.25, 0.3) is 0 Å². The Balaban J connectivity index is 0.000000209.